The Morgan fingerprint density at radius 3 is 0.897 bits per heavy atom. The van der Waals surface area contributed by atoms with Gasteiger partial charge in [-0.3, -0.25) is 0 Å². The number of hydrogen-bond acceptors (Lipinski definition) is 6. The minimum atomic E-state index is -0.314. The van der Waals surface area contributed by atoms with Gasteiger partial charge in [0.1, 0.15) is 0 Å². The van der Waals surface area contributed by atoms with Gasteiger partial charge in [0, 0.05) is 16.2 Å². The molecule has 2 unspecified atom stereocenters. The fourth-order valence-electron chi connectivity index (χ4n) is 6.87. The van der Waals surface area contributed by atoms with Gasteiger partial charge in [-0.2, -0.15) is 0 Å². The zero-order valence-corrected chi connectivity index (χ0v) is 16.4. The molecule has 29 heavy (non-hydrogen) atoms. The van der Waals surface area contributed by atoms with E-state index in [0.717, 1.165) is 0 Å². The quantitative estimate of drug-likeness (QED) is 0.327. The summed E-state index contributed by atoms with van der Waals surface area (Å²) in [7, 11) is 0. The van der Waals surface area contributed by atoms with E-state index in [-0.39, 0.29) is 16.2 Å². The molecule has 0 bridgehead atoms. The first-order chi connectivity index (χ1) is 13.6. The van der Waals surface area contributed by atoms with Crippen LogP contribution in [0.15, 0.2) is 36.4 Å². The first-order valence-corrected chi connectivity index (χ1v) is 9.70. The molecule has 0 saturated heterocycles. The summed E-state index contributed by atoms with van der Waals surface area (Å²) in [5.74, 6) is 0. The topological polar surface area (TPSA) is 156 Å². The summed E-state index contributed by atoms with van der Waals surface area (Å²) in [5, 5.41) is 0. The monoisotopic (exact) mass is 384 g/mol. The molecule has 2 atom stereocenters. The molecule has 0 heterocycles. The van der Waals surface area contributed by atoms with Crippen molar-refractivity contribution in [2.24, 2.45) is 0 Å². The van der Waals surface area contributed by atoms with E-state index in [0.29, 0.717) is 34.1 Å². The van der Waals surface area contributed by atoms with E-state index < -0.39 is 0 Å². The third kappa shape index (κ3) is 1.27. The summed E-state index contributed by atoms with van der Waals surface area (Å²) in [5.41, 5.74) is 47.1. The molecular formula is C23H24N6. The summed E-state index contributed by atoms with van der Waals surface area (Å²) < 4.78 is 0. The Bertz CT molecular complexity index is 1210. The maximum Gasteiger partial charge on any atom is 0.0551 e. The van der Waals surface area contributed by atoms with Crippen LogP contribution in [0.3, 0.4) is 0 Å². The Morgan fingerprint density at radius 1 is 0.414 bits per heavy atom. The molecule has 3 aromatic rings. The minimum absolute atomic E-state index is 0.309. The van der Waals surface area contributed by atoms with E-state index in [2.05, 4.69) is 13.8 Å². The Hall–Kier alpha value is -3.54. The molecule has 3 aromatic carbocycles. The number of fused-ring (bicyclic) bond motifs is 7. The van der Waals surface area contributed by atoms with E-state index in [1.54, 1.807) is 0 Å². The third-order valence-electron chi connectivity index (χ3n) is 8.13. The summed E-state index contributed by atoms with van der Waals surface area (Å²) in [6, 6.07) is 12.1. The van der Waals surface area contributed by atoms with Crippen molar-refractivity contribution in [1.82, 2.24) is 0 Å². The van der Waals surface area contributed by atoms with Gasteiger partial charge in [-0.1, -0.05) is 13.8 Å². The van der Waals surface area contributed by atoms with Crippen molar-refractivity contribution in [2.75, 3.05) is 34.4 Å². The van der Waals surface area contributed by atoms with Crippen molar-refractivity contribution < 1.29 is 0 Å². The fraction of sp³-hybridized carbons (Fsp3) is 0.217. The van der Waals surface area contributed by atoms with Gasteiger partial charge in [0.15, 0.2) is 0 Å². The zero-order chi connectivity index (χ0) is 20.7. The summed E-state index contributed by atoms with van der Waals surface area (Å²) in [4.78, 5) is 0. The standard InChI is InChI=1S/C23H24N6/c1-21-9-3-15(24)16(25)4-10(9)22(2)12-6-18(27)20(29)8-14(12)23(21,22)13-7-19(28)17(26)5-11(13)21/h3-8H,24-29H2,1-2H3. The van der Waals surface area contributed by atoms with Crippen LogP contribution >= 0.6 is 0 Å². The van der Waals surface area contributed by atoms with Crippen LogP contribution in [0, 0.1) is 0 Å². The smallest absolute Gasteiger partial charge is 0.0551 e. The van der Waals surface area contributed by atoms with Crippen LogP contribution in [-0.4, -0.2) is 0 Å². The molecule has 0 fully saturated rings. The van der Waals surface area contributed by atoms with Crippen molar-refractivity contribution >= 4 is 34.1 Å². The van der Waals surface area contributed by atoms with E-state index in [1.165, 1.54) is 33.4 Å². The van der Waals surface area contributed by atoms with Crippen molar-refractivity contribution in [3.05, 3.63) is 69.8 Å². The van der Waals surface area contributed by atoms with Gasteiger partial charge >= 0.3 is 0 Å². The van der Waals surface area contributed by atoms with Gasteiger partial charge in [0.05, 0.1) is 34.1 Å². The third-order valence-corrected chi connectivity index (χ3v) is 8.13. The van der Waals surface area contributed by atoms with Gasteiger partial charge < -0.3 is 34.4 Å². The van der Waals surface area contributed by atoms with Gasteiger partial charge in [-0.05, 0) is 69.8 Å². The summed E-state index contributed by atoms with van der Waals surface area (Å²) in [6.45, 7) is 4.53. The number of rotatable bonds is 0. The molecule has 0 amide bonds. The number of hydrogen-bond donors (Lipinski definition) is 6. The van der Waals surface area contributed by atoms with E-state index in [4.69, 9.17) is 34.4 Å². The molecule has 1 spiro atoms. The summed E-state index contributed by atoms with van der Waals surface area (Å²) >= 11 is 0. The predicted molar refractivity (Wildman–Crippen MR) is 119 cm³/mol. The van der Waals surface area contributed by atoms with Crippen LogP contribution in [0.5, 0.6) is 0 Å². The average Bonchev–Trinajstić information content (AvgIpc) is 2.79. The second kappa shape index (κ2) is 4.22. The molecule has 0 saturated carbocycles. The molecular weight excluding hydrogens is 360 g/mol. The highest BCUT2D eigenvalue weighted by Crippen LogP contribution is 2.82. The zero-order valence-electron chi connectivity index (χ0n) is 16.4. The lowest BCUT2D eigenvalue weighted by atomic mass is 9.32. The Balaban J connectivity index is 1.83. The van der Waals surface area contributed by atoms with Crippen LogP contribution in [0.1, 0.15) is 47.2 Å². The van der Waals surface area contributed by atoms with Crippen LogP contribution in [-0.2, 0) is 16.2 Å². The van der Waals surface area contributed by atoms with Crippen molar-refractivity contribution in [3.63, 3.8) is 0 Å². The molecule has 0 aromatic heterocycles. The van der Waals surface area contributed by atoms with Gasteiger partial charge in [0.2, 0.25) is 0 Å². The van der Waals surface area contributed by atoms with Crippen molar-refractivity contribution in [1.29, 1.82) is 0 Å². The number of benzene rings is 3. The largest absolute Gasteiger partial charge is 0.397 e. The predicted octanol–water partition coefficient (Wildman–Crippen LogP) is 2.42. The number of nitrogens with two attached hydrogens (primary N) is 6. The number of nitrogen functional groups attached to an aromatic ring is 6. The molecule has 6 nitrogen and oxygen atoms in total. The first-order valence-electron chi connectivity index (χ1n) is 9.70. The van der Waals surface area contributed by atoms with E-state index >= 15 is 0 Å². The summed E-state index contributed by atoms with van der Waals surface area (Å²) in [6.07, 6.45) is 0. The lowest BCUT2D eigenvalue weighted by Gasteiger charge is -2.68. The lowest BCUT2D eigenvalue weighted by Crippen LogP contribution is -2.69. The Morgan fingerprint density at radius 2 is 0.621 bits per heavy atom. The van der Waals surface area contributed by atoms with Gasteiger partial charge in [-0.25, -0.2) is 0 Å². The molecule has 12 N–H and O–H groups in total. The molecule has 6 rings (SSSR count). The van der Waals surface area contributed by atoms with Gasteiger partial charge in [-0.15, -0.1) is 0 Å². The SMILES string of the molecule is CC12c3cc(N)c(N)cc3C3(C)c4cc(N)c(N)cc4C13c1cc(N)c(N)cc12. The van der Waals surface area contributed by atoms with Crippen LogP contribution < -0.4 is 34.4 Å². The molecule has 3 aliphatic carbocycles. The fourth-order valence-corrected chi connectivity index (χ4v) is 6.87. The van der Waals surface area contributed by atoms with Crippen molar-refractivity contribution in [2.45, 2.75) is 30.1 Å². The van der Waals surface area contributed by atoms with Crippen molar-refractivity contribution in [3.8, 4) is 0 Å². The maximum absolute atomic E-state index is 6.25. The Kier molecular flexibility index (Phi) is 2.39. The Labute approximate surface area is 168 Å². The van der Waals surface area contributed by atoms with Crippen LogP contribution in [0.25, 0.3) is 0 Å². The molecule has 0 radical (unpaired) electrons. The number of anilines is 6. The molecule has 0 aliphatic heterocycles. The second-order valence-electron chi connectivity index (χ2n) is 9.08. The van der Waals surface area contributed by atoms with Crippen LogP contribution in [0.4, 0.5) is 34.1 Å². The highest BCUT2D eigenvalue weighted by Gasteiger charge is 2.80. The molecule has 146 valence electrons. The average molecular weight is 384 g/mol. The van der Waals surface area contributed by atoms with Crippen LogP contribution in [0.2, 0.25) is 0 Å². The first kappa shape index (κ1) is 16.4. The molecule has 6 heteroatoms. The van der Waals surface area contributed by atoms with Gasteiger partial charge in [0.25, 0.3) is 0 Å². The normalized spacial score (nSPS) is 29.6. The van der Waals surface area contributed by atoms with E-state index in [9.17, 15) is 0 Å². The maximum atomic E-state index is 6.25. The minimum Gasteiger partial charge on any atom is -0.397 e. The molecule has 3 aliphatic rings. The second-order valence-corrected chi connectivity index (χ2v) is 9.08. The lowest BCUT2D eigenvalue weighted by molar-refractivity contribution is 0.169. The highest BCUT2D eigenvalue weighted by molar-refractivity contribution is 5.91. The highest BCUT2D eigenvalue weighted by atomic mass is 14.8. The van der Waals surface area contributed by atoms with E-state index in [1.807, 2.05) is 36.4 Å².